The highest BCUT2D eigenvalue weighted by molar-refractivity contribution is 6.00. The molecule has 2 heteroatoms. The maximum atomic E-state index is 10.1. The number of hydrogen-bond acceptors (Lipinski definition) is 2. The highest BCUT2D eigenvalue weighted by Gasteiger charge is 2.11. The second-order valence-electron chi connectivity index (χ2n) is 4.20. The molecular weight excluding hydrogens is 224 g/mol. The van der Waals surface area contributed by atoms with Gasteiger partial charge in [-0.25, -0.2) is 0 Å². The van der Waals surface area contributed by atoms with Crippen LogP contribution in [0.25, 0.3) is 21.9 Å². The van der Waals surface area contributed by atoms with Gasteiger partial charge in [-0.05, 0) is 22.9 Å². The lowest BCUT2D eigenvalue weighted by atomic mass is 9.96. The molecule has 0 aliphatic carbocycles. The number of phenols is 2. The van der Waals surface area contributed by atoms with E-state index in [-0.39, 0.29) is 11.5 Å². The SMILES string of the molecule is Oc1ccccc1-c1c(O)ccc2ccccc12. The van der Waals surface area contributed by atoms with E-state index in [9.17, 15) is 10.2 Å². The van der Waals surface area contributed by atoms with Gasteiger partial charge in [-0.2, -0.15) is 0 Å². The summed E-state index contributed by atoms with van der Waals surface area (Å²) in [4.78, 5) is 0. The van der Waals surface area contributed by atoms with Gasteiger partial charge in [-0.1, -0.05) is 48.5 Å². The normalized spacial score (nSPS) is 10.7. The van der Waals surface area contributed by atoms with Crippen LogP contribution >= 0.6 is 0 Å². The van der Waals surface area contributed by atoms with Crippen molar-refractivity contribution in [2.24, 2.45) is 0 Å². The van der Waals surface area contributed by atoms with Gasteiger partial charge in [0.25, 0.3) is 0 Å². The molecule has 0 heterocycles. The van der Waals surface area contributed by atoms with Gasteiger partial charge in [-0.15, -0.1) is 0 Å². The zero-order valence-corrected chi connectivity index (χ0v) is 9.67. The molecule has 0 saturated heterocycles. The van der Waals surface area contributed by atoms with Gasteiger partial charge in [0.05, 0.1) is 0 Å². The summed E-state index contributed by atoms with van der Waals surface area (Å²) in [6, 6.07) is 18.4. The van der Waals surface area contributed by atoms with E-state index in [1.165, 1.54) is 0 Å². The summed E-state index contributed by atoms with van der Waals surface area (Å²) < 4.78 is 0. The quantitative estimate of drug-likeness (QED) is 0.672. The van der Waals surface area contributed by atoms with Crippen molar-refractivity contribution in [3.8, 4) is 22.6 Å². The zero-order valence-electron chi connectivity index (χ0n) is 9.67. The molecule has 2 N–H and O–H groups in total. The molecule has 0 amide bonds. The summed E-state index contributed by atoms with van der Waals surface area (Å²) in [5.74, 6) is 0.347. The van der Waals surface area contributed by atoms with Crippen molar-refractivity contribution in [3.63, 3.8) is 0 Å². The number of aromatic hydroxyl groups is 2. The highest BCUT2D eigenvalue weighted by Crippen LogP contribution is 2.40. The summed E-state index contributed by atoms with van der Waals surface area (Å²) in [6.45, 7) is 0. The van der Waals surface area contributed by atoms with Gasteiger partial charge in [0.15, 0.2) is 0 Å². The summed E-state index contributed by atoms with van der Waals surface area (Å²) in [7, 11) is 0. The number of fused-ring (bicyclic) bond motifs is 1. The molecule has 0 aliphatic heterocycles. The molecule has 2 nitrogen and oxygen atoms in total. The predicted octanol–water partition coefficient (Wildman–Crippen LogP) is 3.92. The van der Waals surface area contributed by atoms with E-state index in [0.717, 1.165) is 10.8 Å². The minimum absolute atomic E-state index is 0.171. The van der Waals surface area contributed by atoms with Crippen molar-refractivity contribution < 1.29 is 10.2 Å². The van der Waals surface area contributed by atoms with Gasteiger partial charge in [0.1, 0.15) is 11.5 Å². The molecule has 3 rings (SSSR count). The summed E-state index contributed by atoms with van der Waals surface area (Å²) in [5.41, 5.74) is 1.32. The molecule has 0 aliphatic rings. The van der Waals surface area contributed by atoms with E-state index >= 15 is 0 Å². The van der Waals surface area contributed by atoms with E-state index in [1.54, 1.807) is 24.3 Å². The van der Waals surface area contributed by atoms with Crippen molar-refractivity contribution >= 4 is 10.8 Å². The third-order valence-electron chi connectivity index (χ3n) is 3.08. The first-order valence-corrected chi connectivity index (χ1v) is 5.76. The highest BCUT2D eigenvalue weighted by atomic mass is 16.3. The average Bonchev–Trinajstić information content (AvgIpc) is 2.40. The Kier molecular flexibility index (Phi) is 2.41. The van der Waals surface area contributed by atoms with Crippen LogP contribution in [-0.4, -0.2) is 10.2 Å². The molecule has 3 aromatic rings. The van der Waals surface area contributed by atoms with Crippen LogP contribution in [0.15, 0.2) is 60.7 Å². The Bertz CT molecular complexity index is 717. The van der Waals surface area contributed by atoms with Crippen molar-refractivity contribution in [2.45, 2.75) is 0 Å². The Hall–Kier alpha value is -2.48. The monoisotopic (exact) mass is 236 g/mol. The van der Waals surface area contributed by atoms with Crippen molar-refractivity contribution in [1.82, 2.24) is 0 Å². The topological polar surface area (TPSA) is 40.5 Å². The van der Waals surface area contributed by atoms with Gasteiger partial charge in [0.2, 0.25) is 0 Å². The Balaban J connectivity index is 2.42. The Morgan fingerprint density at radius 1 is 0.611 bits per heavy atom. The van der Waals surface area contributed by atoms with Crippen molar-refractivity contribution in [1.29, 1.82) is 0 Å². The lowest BCUT2D eigenvalue weighted by Crippen LogP contribution is -1.83. The first kappa shape index (κ1) is 10.7. The molecule has 0 radical (unpaired) electrons. The van der Waals surface area contributed by atoms with Crippen LogP contribution in [0.4, 0.5) is 0 Å². The van der Waals surface area contributed by atoms with E-state index in [4.69, 9.17) is 0 Å². The minimum atomic E-state index is 0.171. The maximum absolute atomic E-state index is 10.1. The van der Waals surface area contributed by atoms with Crippen molar-refractivity contribution in [2.75, 3.05) is 0 Å². The fourth-order valence-electron chi connectivity index (χ4n) is 2.23. The third kappa shape index (κ3) is 1.59. The molecule has 0 aromatic heterocycles. The molecule has 0 atom stereocenters. The summed E-state index contributed by atoms with van der Waals surface area (Å²) >= 11 is 0. The van der Waals surface area contributed by atoms with Crippen LogP contribution in [0.5, 0.6) is 11.5 Å². The van der Waals surface area contributed by atoms with Crippen LogP contribution in [0, 0.1) is 0 Å². The summed E-state index contributed by atoms with van der Waals surface area (Å²) in [5, 5.41) is 22.0. The minimum Gasteiger partial charge on any atom is -0.507 e. The molecule has 0 bridgehead atoms. The van der Waals surface area contributed by atoms with Gasteiger partial charge in [0, 0.05) is 11.1 Å². The molecule has 18 heavy (non-hydrogen) atoms. The Morgan fingerprint density at radius 3 is 2.17 bits per heavy atom. The second kappa shape index (κ2) is 4.08. The average molecular weight is 236 g/mol. The molecule has 0 saturated carbocycles. The van der Waals surface area contributed by atoms with Crippen LogP contribution in [-0.2, 0) is 0 Å². The van der Waals surface area contributed by atoms with Gasteiger partial charge >= 0.3 is 0 Å². The fourth-order valence-corrected chi connectivity index (χ4v) is 2.23. The van der Waals surface area contributed by atoms with Crippen LogP contribution in [0.3, 0.4) is 0 Å². The number of hydrogen-bond donors (Lipinski definition) is 2. The fraction of sp³-hybridized carbons (Fsp3) is 0. The van der Waals surface area contributed by atoms with Crippen LogP contribution in [0.1, 0.15) is 0 Å². The number of para-hydroxylation sites is 1. The van der Waals surface area contributed by atoms with E-state index in [2.05, 4.69) is 0 Å². The number of rotatable bonds is 1. The molecule has 0 unspecified atom stereocenters. The van der Waals surface area contributed by atoms with Gasteiger partial charge < -0.3 is 10.2 Å². The molecule has 88 valence electrons. The maximum Gasteiger partial charge on any atom is 0.124 e. The number of phenolic OH excluding ortho intramolecular Hbond substituents is 2. The Labute approximate surface area is 105 Å². The molecule has 3 aromatic carbocycles. The first-order valence-electron chi connectivity index (χ1n) is 5.76. The number of benzene rings is 3. The lowest BCUT2D eigenvalue weighted by Gasteiger charge is -2.10. The van der Waals surface area contributed by atoms with E-state index < -0.39 is 0 Å². The predicted molar refractivity (Wildman–Crippen MR) is 72.7 cm³/mol. The molecule has 0 spiro atoms. The molecule has 0 fully saturated rings. The summed E-state index contributed by atoms with van der Waals surface area (Å²) in [6.07, 6.45) is 0. The standard InChI is InChI=1S/C16H12O2/c17-14-8-4-3-7-13(14)16-12-6-2-1-5-11(12)9-10-15(16)18/h1-10,17-18H. The lowest BCUT2D eigenvalue weighted by molar-refractivity contribution is 0.469. The largest absolute Gasteiger partial charge is 0.507 e. The second-order valence-corrected chi connectivity index (χ2v) is 4.20. The zero-order chi connectivity index (χ0) is 12.5. The first-order chi connectivity index (χ1) is 8.77. The smallest absolute Gasteiger partial charge is 0.124 e. The Morgan fingerprint density at radius 2 is 1.33 bits per heavy atom. The van der Waals surface area contributed by atoms with E-state index in [1.807, 2.05) is 36.4 Å². The van der Waals surface area contributed by atoms with Crippen LogP contribution < -0.4 is 0 Å². The molecular formula is C16H12O2. The van der Waals surface area contributed by atoms with E-state index in [0.29, 0.717) is 11.1 Å². The van der Waals surface area contributed by atoms with Crippen molar-refractivity contribution in [3.05, 3.63) is 60.7 Å². The van der Waals surface area contributed by atoms with Gasteiger partial charge in [-0.3, -0.25) is 0 Å². The van der Waals surface area contributed by atoms with Crippen LogP contribution in [0.2, 0.25) is 0 Å². The third-order valence-corrected chi connectivity index (χ3v) is 3.08.